The third kappa shape index (κ3) is 7.97. The van der Waals surface area contributed by atoms with E-state index in [4.69, 9.17) is 11.5 Å². The lowest BCUT2D eigenvalue weighted by Gasteiger charge is -2.32. The van der Waals surface area contributed by atoms with Gasteiger partial charge in [0.05, 0.1) is 6.04 Å². The molecule has 10 nitrogen and oxygen atoms in total. The van der Waals surface area contributed by atoms with Gasteiger partial charge in [-0.2, -0.15) is 12.6 Å². The highest BCUT2D eigenvalue weighted by Gasteiger charge is 2.40. The maximum Gasteiger partial charge on any atom is 0.326 e. The molecular weight excluding hydrogens is 422 g/mol. The third-order valence-electron chi connectivity index (χ3n) is 5.71. The largest absolute Gasteiger partial charge is 0.480 e. The van der Waals surface area contributed by atoms with Gasteiger partial charge in [0.25, 0.3) is 0 Å². The van der Waals surface area contributed by atoms with Crippen molar-refractivity contribution in [3.63, 3.8) is 0 Å². The Labute approximate surface area is 189 Å². The molecule has 1 heterocycles. The zero-order valence-electron chi connectivity index (χ0n) is 18.4. The van der Waals surface area contributed by atoms with Crippen LogP contribution in [0.1, 0.15) is 52.4 Å². The first-order chi connectivity index (χ1) is 14.7. The molecule has 178 valence electrons. The van der Waals surface area contributed by atoms with Crippen molar-refractivity contribution in [1.82, 2.24) is 15.5 Å². The van der Waals surface area contributed by atoms with Crippen LogP contribution in [0.25, 0.3) is 0 Å². The van der Waals surface area contributed by atoms with E-state index in [1.165, 1.54) is 4.90 Å². The molecule has 3 amide bonds. The lowest BCUT2D eigenvalue weighted by molar-refractivity contribution is -0.145. The van der Waals surface area contributed by atoms with Crippen LogP contribution in [0.15, 0.2) is 0 Å². The topological polar surface area (TPSA) is 168 Å². The molecule has 11 heteroatoms. The summed E-state index contributed by atoms with van der Waals surface area (Å²) in [5.41, 5.74) is 11.2. The second-order valence-electron chi connectivity index (χ2n) is 8.03. The molecule has 0 aromatic heterocycles. The zero-order valence-corrected chi connectivity index (χ0v) is 19.3. The minimum Gasteiger partial charge on any atom is -0.480 e. The molecule has 1 aliphatic rings. The fourth-order valence-corrected chi connectivity index (χ4v) is 3.69. The second-order valence-corrected chi connectivity index (χ2v) is 8.40. The Morgan fingerprint density at radius 2 is 1.90 bits per heavy atom. The number of hydrogen-bond donors (Lipinski definition) is 6. The average molecular weight is 460 g/mol. The molecule has 0 saturated carbocycles. The van der Waals surface area contributed by atoms with E-state index in [1.54, 1.807) is 0 Å². The van der Waals surface area contributed by atoms with Gasteiger partial charge >= 0.3 is 5.97 Å². The van der Waals surface area contributed by atoms with Crippen molar-refractivity contribution < 1.29 is 24.3 Å². The Morgan fingerprint density at radius 1 is 1.23 bits per heavy atom. The number of carboxylic acids is 1. The number of aliphatic carboxylic acids is 1. The van der Waals surface area contributed by atoms with Crippen LogP contribution in [-0.2, 0) is 19.2 Å². The first-order valence-corrected chi connectivity index (χ1v) is 11.5. The van der Waals surface area contributed by atoms with Crippen molar-refractivity contribution in [2.75, 3.05) is 18.8 Å². The smallest absolute Gasteiger partial charge is 0.326 e. The summed E-state index contributed by atoms with van der Waals surface area (Å²) in [7, 11) is 0. The molecule has 0 bridgehead atoms. The summed E-state index contributed by atoms with van der Waals surface area (Å²) in [5, 5.41) is 14.7. The minimum absolute atomic E-state index is 0.142. The Bertz CT molecular complexity index is 635. The number of nitrogens with zero attached hydrogens (tertiary/aromatic N) is 1. The molecule has 0 aromatic carbocycles. The molecule has 31 heavy (non-hydrogen) atoms. The predicted octanol–water partition coefficient (Wildman–Crippen LogP) is -0.536. The summed E-state index contributed by atoms with van der Waals surface area (Å²) < 4.78 is 0. The highest BCUT2D eigenvalue weighted by molar-refractivity contribution is 7.80. The highest BCUT2D eigenvalue weighted by Crippen LogP contribution is 2.22. The van der Waals surface area contributed by atoms with Gasteiger partial charge in [-0.25, -0.2) is 4.79 Å². The van der Waals surface area contributed by atoms with Crippen LogP contribution in [0.2, 0.25) is 0 Å². The van der Waals surface area contributed by atoms with E-state index in [9.17, 15) is 24.3 Å². The fraction of sp³-hybridized carbons (Fsp3) is 0.800. The molecule has 0 radical (unpaired) electrons. The second kappa shape index (κ2) is 13.5. The van der Waals surface area contributed by atoms with Crippen LogP contribution < -0.4 is 22.1 Å². The van der Waals surface area contributed by atoms with Crippen molar-refractivity contribution in [1.29, 1.82) is 0 Å². The number of hydrogen-bond acceptors (Lipinski definition) is 7. The molecule has 5 unspecified atom stereocenters. The van der Waals surface area contributed by atoms with E-state index in [0.29, 0.717) is 45.2 Å². The van der Waals surface area contributed by atoms with E-state index >= 15 is 0 Å². The summed E-state index contributed by atoms with van der Waals surface area (Å²) >= 11 is 4.02. The Kier molecular flexibility index (Phi) is 11.9. The first kappa shape index (κ1) is 27.2. The molecule has 5 atom stereocenters. The van der Waals surface area contributed by atoms with Crippen LogP contribution >= 0.6 is 12.6 Å². The third-order valence-corrected chi connectivity index (χ3v) is 6.10. The van der Waals surface area contributed by atoms with E-state index in [1.807, 2.05) is 13.8 Å². The van der Waals surface area contributed by atoms with Crippen molar-refractivity contribution in [3.05, 3.63) is 0 Å². The standard InChI is InChI=1S/C20H37N5O5S/c1-3-12(2)16(24-17(26)13(22)11-31)19(28)25-10-6-8-15(25)18(27)23-14(20(29)30)7-4-5-9-21/h12-16,31H,3-11,21-22H2,1-2H3,(H,23,27)(H,24,26)(H,29,30). The Morgan fingerprint density at radius 3 is 2.45 bits per heavy atom. The van der Waals surface area contributed by atoms with Gasteiger partial charge in [-0.05, 0) is 44.6 Å². The summed E-state index contributed by atoms with van der Waals surface area (Å²) in [6.45, 7) is 4.56. The predicted molar refractivity (Wildman–Crippen MR) is 120 cm³/mol. The van der Waals surface area contributed by atoms with Gasteiger partial charge in [0.1, 0.15) is 18.1 Å². The zero-order chi connectivity index (χ0) is 23.6. The summed E-state index contributed by atoms with van der Waals surface area (Å²) in [6.07, 6.45) is 3.20. The number of carbonyl (C=O) groups excluding carboxylic acids is 3. The number of carboxylic acid groups (broad SMARTS) is 1. The van der Waals surface area contributed by atoms with E-state index < -0.39 is 42.0 Å². The van der Waals surface area contributed by atoms with Crippen molar-refractivity contribution in [2.45, 2.75) is 76.5 Å². The van der Waals surface area contributed by atoms with E-state index in [2.05, 4.69) is 23.3 Å². The first-order valence-electron chi connectivity index (χ1n) is 10.9. The van der Waals surface area contributed by atoms with Crippen LogP contribution in [0.3, 0.4) is 0 Å². The highest BCUT2D eigenvalue weighted by atomic mass is 32.1. The van der Waals surface area contributed by atoms with Crippen molar-refractivity contribution in [2.24, 2.45) is 17.4 Å². The number of amides is 3. The number of nitrogens with one attached hydrogen (secondary N) is 2. The molecular formula is C20H37N5O5S. The van der Waals surface area contributed by atoms with Gasteiger partial charge in [-0.15, -0.1) is 0 Å². The quantitative estimate of drug-likeness (QED) is 0.159. The lowest BCUT2D eigenvalue weighted by atomic mass is 9.97. The summed E-state index contributed by atoms with van der Waals surface area (Å²) in [4.78, 5) is 51.4. The lowest BCUT2D eigenvalue weighted by Crippen LogP contribution is -2.58. The van der Waals surface area contributed by atoms with Crippen LogP contribution in [0, 0.1) is 5.92 Å². The van der Waals surface area contributed by atoms with Gasteiger partial charge in [-0.3, -0.25) is 14.4 Å². The molecule has 1 fully saturated rings. The van der Waals surface area contributed by atoms with Crippen molar-refractivity contribution >= 4 is 36.3 Å². The van der Waals surface area contributed by atoms with Gasteiger partial charge in [0, 0.05) is 12.3 Å². The summed E-state index contributed by atoms with van der Waals surface area (Å²) in [6, 6.07) is -3.47. The SMILES string of the molecule is CCC(C)C(NC(=O)C(N)CS)C(=O)N1CCCC1C(=O)NC(CCCCN)C(=O)O. The normalized spacial score (nSPS) is 19.9. The average Bonchev–Trinajstić information content (AvgIpc) is 3.24. The van der Waals surface area contributed by atoms with Gasteiger partial charge < -0.3 is 32.1 Å². The number of thiol groups is 1. The van der Waals surface area contributed by atoms with Gasteiger partial charge in [0.15, 0.2) is 0 Å². The number of nitrogens with two attached hydrogens (primary N) is 2. The Hall–Kier alpha value is -1.85. The maximum atomic E-state index is 13.3. The monoisotopic (exact) mass is 459 g/mol. The Balaban J connectivity index is 2.92. The summed E-state index contributed by atoms with van der Waals surface area (Å²) in [5.74, 6) is -2.47. The number of unbranched alkanes of at least 4 members (excludes halogenated alkanes) is 1. The van der Waals surface area contributed by atoms with Crippen LogP contribution in [-0.4, -0.2) is 76.7 Å². The molecule has 7 N–H and O–H groups in total. The van der Waals surface area contributed by atoms with E-state index in [-0.39, 0.29) is 24.0 Å². The number of rotatable bonds is 13. The fourth-order valence-electron chi connectivity index (χ4n) is 3.53. The maximum absolute atomic E-state index is 13.3. The van der Waals surface area contributed by atoms with Crippen LogP contribution in [0.5, 0.6) is 0 Å². The molecule has 0 spiro atoms. The minimum atomic E-state index is -1.12. The molecule has 1 rings (SSSR count). The van der Waals surface area contributed by atoms with Gasteiger partial charge in [0.2, 0.25) is 17.7 Å². The molecule has 1 saturated heterocycles. The van der Waals surface area contributed by atoms with Crippen LogP contribution in [0.4, 0.5) is 0 Å². The number of likely N-dealkylation sites (tertiary alicyclic amines) is 1. The number of carbonyl (C=O) groups is 4. The molecule has 0 aliphatic carbocycles. The van der Waals surface area contributed by atoms with Crippen molar-refractivity contribution in [3.8, 4) is 0 Å². The molecule has 0 aromatic rings. The van der Waals surface area contributed by atoms with E-state index in [0.717, 1.165) is 0 Å². The molecule has 1 aliphatic heterocycles. The van der Waals surface area contributed by atoms with Gasteiger partial charge in [-0.1, -0.05) is 20.3 Å².